The Kier molecular flexibility index (Phi) is 16.4. The Hall–Kier alpha value is 0.877. The van der Waals surface area contributed by atoms with Gasteiger partial charge in [0, 0.05) is 44.1 Å². The molecule has 71 valence electrons. The summed E-state index contributed by atoms with van der Waals surface area (Å²) in [4.78, 5) is 4.28. The van der Waals surface area contributed by atoms with Crippen LogP contribution in [0.5, 0.6) is 0 Å². The molecule has 0 atom stereocenters. The third-order valence-corrected chi connectivity index (χ3v) is 1.38. The van der Waals surface area contributed by atoms with Crippen LogP contribution in [-0.2, 0) is 65.0 Å². The molecular weight excluding hydrogens is 324 g/mol. The van der Waals surface area contributed by atoms with Crippen LogP contribution in [0.2, 0.25) is 0 Å². The summed E-state index contributed by atoms with van der Waals surface area (Å²) in [5.74, 6) is 0. The molecule has 0 spiro atoms. The van der Waals surface area contributed by atoms with Gasteiger partial charge in [-0.2, -0.15) is 0 Å². The first-order valence-electron chi connectivity index (χ1n) is 3.40. The van der Waals surface area contributed by atoms with E-state index >= 15 is 0 Å². The maximum Gasteiger partial charge on any atom is 0 e. The fraction of sp³-hybridized carbons (Fsp3) is 0.200. The summed E-state index contributed by atoms with van der Waals surface area (Å²) in [5, 5.41) is 0. The van der Waals surface area contributed by atoms with Crippen LogP contribution in [0.4, 0.5) is 0 Å². The van der Waals surface area contributed by atoms with Crippen molar-refractivity contribution in [3.05, 3.63) is 50.9 Å². The smallest absolute Gasteiger partial charge is 0 e. The predicted molar refractivity (Wildman–Crippen MR) is 50.2 cm³/mol. The van der Waals surface area contributed by atoms with E-state index in [0.29, 0.717) is 0 Å². The minimum atomic E-state index is 0. The molecule has 1 aromatic rings. The van der Waals surface area contributed by atoms with E-state index in [1.54, 1.807) is 0 Å². The number of rotatable bonds is 2. The van der Waals surface area contributed by atoms with Gasteiger partial charge in [-0.1, -0.05) is 6.07 Å². The first-order valence-corrected chi connectivity index (χ1v) is 3.40. The predicted octanol–water partition coefficient (Wildman–Crippen LogP) is 2.01. The molecular formula is C10H15NRuY. The molecule has 2 radical (unpaired) electrons. The van der Waals surface area contributed by atoms with E-state index in [4.69, 9.17) is 0 Å². The van der Waals surface area contributed by atoms with Gasteiger partial charge in [0.15, 0.2) is 0 Å². The van der Waals surface area contributed by atoms with E-state index in [-0.39, 0.29) is 59.6 Å². The summed E-state index contributed by atoms with van der Waals surface area (Å²) in [6.07, 6.45) is 1.52. The van der Waals surface area contributed by atoms with Gasteiger partial charge in [-0.3, -0.25) is 4.98 Å². The van der Waals surface area contributed by atoms with Crippen LogP contribution in [0, 0.1) is 21.3 Å². The van der Waals surface area contributed by atoms with Gasteiger partial charge in [-0.15, -0.1) is 12.8 Å². The third kappa shape index (κ3) is 6.88. The average Bonchev–Trinajstić information content (AvgIpc) is 2.05. The normalized spacial score (nSPS) is 7.54. The maximum absolute atomic E-state index is 4.28. The molecule has 1 heterocycles. The van der Waals surface area contributed by atoms with E-state index in [9.17, 15) is 0 Å². The second-order valence-electron chi connectivity index (χ2n) is 2.12. The topological polar surface area (TPSA) is 12.9 Å². The molecule has 0 aliphatic heterocycles. The van der Waals surface area contributed by atoms with Gasteiger partial charge in [0.05, 0.1) is 0 Å². The fourth-order valence-electron chi connectivity index (χ4n) is 0.808. The molecule has 1 nitrogen and oxygen atoms in total. The van der Waals surface area contributed by atoms with Crippen molar-refractivity contribution in [3.8, 4) is 0 Å². The van der Waals surface area contributed by atoms with Crippen molar-refractivity contribution < 1.29 is 52.2 Å². The van der Waals surface area contributed by atoms with E-state index in [1.807, 2.05) is 18.2 Å². The number of hydrogen-bond acceptors (Lipinski definition) is 1. The summed E-state index contributed by atoms with van der Waals surface area (Å²) in [6.45, 7) is 7.50. The van der Waals surface area contributed by atoms with E-state index < -0.39 is 0 Å². The zero-order valence-electron chi connectivity index (χ0n) is 7.96. The molecule has 3 heteroatoms. The Balaban J connectivity index is -0.000000333. The summed E-state index contributed by atoms with van der Waals surface area (Å²) in [6, 6.07) is 5.95. The van der Waals surface area contributed by atoms with Gasteiger partial charge < -0.3 is 21.3 Å². The summed E-state index contributed by atoms with van der Waals surface area (Å²) >= 11 is 0. The Morgan fingerprint density at radius 3 is 1.77 bits per heavy atom. The molecule has 1 rings (SSSR count). The summed E-state index contributed by atoms with van der Waals surface area (Å²) in [5.41, 5.74) is 2.09. The fourth-order valence-corrected chi connectivity index (χ4v) is 0.808. The van der Waals surface area contributed by atoms with Crippen molar-refractivity contribution in [1.29, 1.82) is 0 Å². The van der Waals surface area contributed by atoms with Gasteiger partial charge in [0.25, 0.3) is 0 Å². The van der Waals surface area contributed by atoms with Crippen molar-refractivity contribution in [2.24, 2.45) is 0 Å². The van der Waals surface area contributed by atoms with E-state index in [1.165, 1.54) is 0 Å². The molecule has 0 fully saturated rings. The molecule has 0 bridgehead atoms. The number of aromatic nitrogens is 1. The van der Waals surface area contributed by atoms with Crippen molar-refractivity contribution in [2.75, 3.05) is 0 Å². The number of hydrogen-bond donors (Lipinski definition) is 0. The van der Waals surface area contributed by atoms with Crippen LogP contribution in [0.25, 0.3) is 0 Å². The molecule has 0 aromatic carbocycles. The Morgan fingerprint density at radius 1 is 1.08 bits per heavy atom. The van der Waals surface area contributed by atoms with Gasteiger partial charge in [-0.25, -0.2) is 0 Å². The summed E-state index contributed by atoms with van der Waals surface area (Å²) < 4.78 is 0. The quantitative estimate of drug-likeness (QED) is 0.593. The zero-order chi connectivity index (χ0) is 7.40. The second kappa shape index (κ2) is 11.0. The van der Waals surface area contributed by atoms with Crippen molar-refractivity contribution in [2.45, 2.75) is 12.8 Å². The van der Waals surface area contributed by atoms with Gasteiger partial charge >= 0.3 is 19.5 Å². The van der Waals surface area contributed by atoms with Gasteiger partial charge in [-0.05, 0) is 12.1 Å². The van der Waals surface area contributed by atoms with E-state index in [2.05, 4.69) is 18.8 Å². The molecule has 0 aliphatic rings. The Bertz CT molecular complexity index is 197. The molecule has 0 amide bonds. The average molecular weight is 339 g/mol. The van der Waals surface area contributed by atoms with Crippen molar-refractivity contribution in [3.63, 3.8) is 0 Å². The molecule has 0 N–H and O–H groups in total. The minimum Gasteiger partial charge on any atom is 0 e. The molecule has 0 saturated carbocycles. The first-order chi connectivity index (χ1) is 4.86. The summed E-state index contributed by atoms with van der Waals surface area (Å²) in [7, 11) is 0. The third-order valence-electron chi connectivity index (χ3n) is 1.38. The maximum atomic E-state index is 4.28. The number of pyridine rings is 1. The molecule has 1 aromatic heterocycles. The van der Waals surface area contributed by atoms with Crippen LogP contribution in [0.3, 0.4) is 0 Å². The van der Waals surface area contributed by atoms with Gasteiger partial charge in [0.1, 0.15) is 0 Å². The zero-order valence-corrected chi connectivity index (χ0v) is 12.7. The molecule has 13 heavy (non-hydrogen) atoms. The van der Waals surface area contributed by atoms with E-state index in [0.717, 1.165) is 24.2 Å². The Labute approximate surface area is 120 Å². The monoisotopic (exact) mass is 340 g/mol. The van der Waals surface area contributed by atoms with Crippen molar-refractivity contribution in [1.82, 2.24) is 4.98 Å². The van der Waals surface area contributed by atoms with Crippen molar-refractivity contribution >= 4 is 0 Å². The van der Waals surface area contributed by atoms with Crippen LogP contribution in [0.15, 0.2) is 18.2 Å². The first kappa shape index (κ1) is 19.4. The molecule has 0 saturated heterocycles. The van der Waals surface area contributed by atoms with Crippen LogP contribution in [-0.4, -0.2) is 4.98 Å². The van der Waals surface area contributed by atoms with Crippen LogP contribution < -0.4 is 0 Å². The number of nitrogens with zero attached hydrogens (tertiary/aromatic N) is 1. The Morgan fingerprint density at radius 2 is 1.46 bits per heavy atom. The van der Waals surface area contributed by atoms with Crippen LogP contribution in [0.1, 0.15) is 11.4 Å². The SMILES string of the molecule is [CH2-]Cc1cccc(C[CH2-])n1.[CH3-].[RuH+3].[Y]. The minimum absolute atomic E-state index is 0. The second-order valence-corrected chi connectivity index (χ2v) is 2.12. The molecule has 0 aliphatic carbocycles. The van der Waals surface area contributed by atoms with Crippen LogP contribution >= 0.6 is 0 Å². The standard InChI is InChI=1S/C9H11N.CH3.Ru.Y.H/c1-3-8-6-5-7-9(4-2)10-8;;;;/h5-7H,1-4H2;1H3;;;/q-2;-1;+3;;. The van der Waals surface area contributed by atoms with Gasteiger partial charge in [0.2, 0.25) is 0 Å². The largest absolute Gasteiger partial charge is 0 e. The molecule has 0 unspecified atom stereocenters.